The van der Waals surface area contributed by atoms with Crippen LogP contribution in [0.25, 0.3) is 0 Å². The van der Waals surface area contributed by atoms with E-state index in [1.807, 2.05) is 58.9 Å². The minimum atomic E-state index is -0.660. The molecule has 5 heteroatoms. The molecule has 0 aromatic heterocycles. The third-order valence-electron chi connectivity index (χ3n) is 4.53. The van der Waals surface area contributed by atoms with Crippen LogP contribution in [0.3, 0.4) is 0 Å². The number of aryl methyl sites for hydroxylation is 1. The lowest BCUT2D eigenvalue weighted by Gasteiger charge is -2.23. The molecule has 2 aromatic rings. The number of anilines is 1. The van der Waals surface area contributed by atoms with Gasteiger partial charge in [-0.3, -0.25) is 9.59 Å². The molecule has 2 N–H and O–H groups in total. The normalized spacial score (nSPS) is 11.8. The highest BCUT2D eigenvalue weighted by atomic mass is 16.5. The van der Waals surface area contributed by atoms with E-state index in [1.165, 1.54) is 0 Å². The van der Waals surface area contributed by atoms with Crippen LogP contribution in [0.4, 0.5) is 5.69 Å². The topological polar surface area (TPSA) is 67.4 Å². The van der Waals surface area contributed by atoms with Crippen molar-refractivity contribution in [3.63, 3.8) is 0 Å². The third kappa shape index (κ3) is 5.09. The Hall–Kier alpha value is -2.82. The molecule has 1 atom stereocenters. The van der Waals surface area contributed by atoms with Crippen molar-refractivity contribution < 1.29 is 14.3 Å². The average Bonchev–Trinajstić information content (AvgIpc) is 2.63. The maximum atomic E-state index is 12.8. The van der Waals surface area contributed by atoms with E-state index in [-0.39, 0.29) is 17.7 Å². The number of rotatable bonds is 7. The molecule has 0 aliphatic carbocycles. The maximum absolute atomic E-state index is 12.8. The third-order valence-corrected chi connectivity index (χ3v) is 4.53. The molecule has 0 saturated heterocycles. The van der Waals surface area contributed by atoms with Crippen LogP contribution in [-0.2, 0) is 4.79 Å². The zero-order valence-electron chi connectivity index (χ0n) is 16.6. The van der Waals surface area contributed by atoms with Crippen LogP contribution in [-0.4, -0.2) is 24.5 Å². The largest absolute Gasteiger partial charge is 0.493 e. The highest BCUT2D eigenvalue weighted by Crippen LogP contribution is 2.20. The zero-order valence-corrected chi connectivity index (χ0v) is 16.6. The number of hydrogen-bond donors (Lipinski definition) is 2. The Labute approximate surface area is 161 Å². The molecular weight excluding hydrogens is 340 g/mol. The minimum absolute atomic E-state index is 0.0710. The quantitative estimate of drug-likeness (QED) is 0.773. The molecule has 2 aromatic carbocycles. The summed E-state index contributed by atoms with van der Waals surface area (Å²) in [7, 11) is 0. The average molecular weight is 368 g/mol. The first-order valence-electron chi connectivity index (χ1n) is 9.24. The summed E-state index contributed by atoms with van der Waals surface area (Å²) >= 11 is 0. The molecule has 2 rings (SSSR count). The van der Waals surface area contributed by atoms with Crippen LogP contribution in [0.1, 0.15) is 42.3 Å². The van der Waals surface area contributed by atoms with E-state index in [4.69, 9.17) is 4.74 Å². The second kappa shape index (κ2) is 9.21. The Morgan fingerprint density at radius 3 is 2.41 bits per heavy atom. The number of hydrogen-bond acceptors (Lipinski definition) is 3. The van der Waals surface area contributed by atoms with Crippen molar-refractivity contribution in [1.82, 2.24) is 5.32 Å². The summed E-state index contributed by atoms with van der Waals surface area (Å²) in [5.74, 6) is -0.122. The molecule has 2 amide bonds. The van der Waals surface area contributed by atoms with E-state index >= 15 is 0 Å². The predicted molar refractivity (Wildman–Crippen MR) is 108 cm³/mol. The van der Waals surface area contributed by atoms with E-state index < -0.39 is 6.04 Å². The van der Waals surface area contributed by atoms with E-state index in [0.717, 1.165) is 16.8 Å². The van der Waals surface area contributed by atoms with Crippen LogP contribution in [0.5, 0.6) is 5.75 Å². The van der Waals surface area contributed by atoms with Gasteiger partial charge in [0.25, 0.3) is 5.91 Å². The Balaban J connectivity index is 2.19. The number of carbonyl (C=O) groups is 2. The molecule has 0 aliphatic rings. The summed E-state index contributed by atoms with van der Waals surface area (Å²) in [5, 5.41) is 5.80. The van der Waals surface area contributed by atoms with Gasteiger partial charge in [-0.25, -0.2) is 0 Å². The molecule has 5 nitrogen and oxygen atoms in total. The Morgan fingerprint density at radius 2 is 1.74 bits per heavy atom. The van der Waals surface area contributed by atoms with Gasteiger partial charge in [-0.1, -0.05) is 38.1 Å². The van der Waals surface area contributed by atoms with E-state index in [2.05, 4.69) is 10.6 Å². The van der Waals surface area contributed by atoms with Gasteiger partial charge in [0.1, 0.15) is 11.8 Å². The fraction of sp³-hybridized carbons (Fsp3) is 0.364. The second-order valence-electron chi connectivity index (χ2n) is 6.86. The summed E-state index contributed by atoms with van der Waals surface area (Å²) in [4.78, 5) is 25.6. The summed E-state index contributed by atoms with van der Waals surface area (Å²) < 4.78 is 5.52. The SMILES string of the molecule is CCOc1ccccc1C(=O)N[C@@H](C(=O)Nc1cccc(C)c1C)C(C)C. The Bertz CT molecular complexity index is 815. The van der Waals surface area contributed by atoms with Crippen LogP contribution >= 0.6 is 0 Å². The lowest BCUT2D eigenvalue weighted by atomic mass is 10.0. The van der Waals surface area contributed by atoms with Crippen molar-refractivity contribution in [3.8, 4) is 5.75 Å². The van der Waals surface area contributed by atoms with Gasteiger partial charge in [-0.15, -0.1) is 0 Å². The summed E-state index contributed by atoms with van der Waals surface area (Å²) in [6, 6.07) is 12.1. The fourth-order valence-corrected chi connectivity index (χ4v) is 2.79. The molecule has 0 fully saturated rings. The second-order valence-corrected chi connectivity index (χ2v) is 6.86. The van der Waals surface area contributed by atoms with Crippen molar-refractivity contribution in [1.29, 1.82) is 0 Å². The molecule has 0 saturated carbocycles. The summed E-state index contributed by atoms with van der Waals surface area (Å²) in [6.45, 7) is 10.1. The molecule has 0 heterocycles. The fourth-order valence-electron chi connectivity index (χ4n) is 2.79. The van der Waals surface area contributed by atoms with E-state index in [1.54, 1.807) is 18.2 Å². The van der Waals surface area contributed by atoms with Gasteiger partial charge in [0.05, 0.1) is 12.2 Å². The van der Waals surface area contributed by atoms with Crippen molar-refractivity contribution in [2.45, 2.75) is 40.7 Å². The highest BCUT2D eigenvalue weighted by Gasteiger charge is 2.26. The Morgan fingerprint density at radius 1 is 1.04 bits per heavy atom. The van der Waals surface area contributed by atoms with Crippen LogP contribution in [0, 0.1) is 19.8 Å². The number of ether oxygens (including phenoxy) is 1. The summed E-state index contributed by atoms with van der Waals surface area (Å²) in [5.41, 5.74) is 3.30. The first kappa shape index (κ1) is 20.5. The lowest BCUT2D eigenvalue weighted by Crippen LogP contribution is -2.47. The molecule has 144 valence electrons. The first-order valence-corrected chi connectivity index (χ1v) is 9.24. The first-order chi connectivity index (χ1) is 12.8. The van der Waals surface area contributed by atoms with Crippen molar-refractivity contribution in [3.05, 3.63) is 59.2 Å². The highest BCUT2D eigenvalue weighted by molar-refractivity contribution is 6.02. The standard InChI is InChI=1S/C22H28N2O3/c1-6-27-19-13-8-7-11-17(19)21(25)24-20(14(2)3)22(26)23-18-12-9-10-15(4)16(18)5/h7-14,20H,6H2,1-5H3,(H,23,26)(H,24,25)/t20-/m1/s1. The minimum Gasteiger partial charge on any atom is -0.493 e. The van der Waals surface area contributed by atoms with Crippen molar-refractivity contribution in [2.75, 3.05) is 11.9 Å². The zero-order chi connectivity index (χ0) is 20.0. The molecule has 0 unspecified atom stereocenters. The number of nitrogens with one attached hydrogen (secondary N) is 2. The van der Waals surface area contributed by atoms with Gasteiger partial charge in [0.15, 0.2) is 0 Å². The summed E-state index contributed by atoms with van der Waals surface area (Å²) in [6.07, 6.45) is 0. The number of carbonyl (C=O) groups excluding carboxylic acids is 2. The smallest absolute Gasteiger partial charge is 0.255 e. The molecule has 27 heavy (non-hydrogen) atoms. The van der Waals surface area contributed by atoms with Crippen LogP contribution < -0.4 is 15.4 Å². The molecular formula is C22H28N2O3. The van der Waals surface area contributed by atoms with Crippen LogP contribution in [0.15, 0.2) is 42.5 Å². The number of benzene rings is 2. The lowest BCUT2D eigenvalue weighted by molar-refractivity contribution is -0.118. The molecule has 0 aliphatic heterocycles. The maximum Gasteiger partial charge on any atom is 0.255 e. The van der Waals surface area contributed by atoms with Gasteiger partial charge >= 0.3 is 0 Å². The molecule has 0 radical (unpaired) electrons. The number of para-hydroxylation sites is 1. The van der Waals surface area contributed by atoms with Gasteiger partial charge in [-0.2, -0.15) is 0 Å². The molecule has 0 spiro atoms. The monoisotopic (exact) mass is 368 g/mol. The van der Waals surface area contributed by atoms with Crippen molar-refractivity contribution >= 4 is 17.5 Å². The van der Waals surface area contributed by atoms with E-state index in [0.29, 0.717) is 17.9 Å². The Kier molecular flexibility index (Phi) is 6.99. The number of amides is 2. The van der Waals surface area contributed by atoms with Crippen molar-refractivity contribution in [2.24, 2.45) is 5.92 Å². The van der Waals surface area contributed by atoms with Gasteiger partial charge in [-0.05, 0) is 56.0 Å². The van der Waals surface area contributed by atoms with Crippen LogP contribution in [0.2, 0.25) is 0 Å². The molecule has 0 bridgehead atoms. The predicted octanol–water partition coefficient (Wildman–Crippen LogP) is 4.10. The van der Waals surface area contributed by atoms with Gasteiger partial charge in [0.2, 0.25) is 5.91 Å². The van der Waals surface area contributed by atoms with Gasteiger partial charge < -0.3 is 15.4 Å². The van der Waals surface area contributed by atoms with Gasteiger partial charge in [0, 0.05) is 5.69 Å². The van der Waals surface area contributed by atoms with E-state index in [9.17, 15) is 9.59 Å².